The van der Waals surface area contributed by atoms with Crippen molar-refractivity contribution < 1.29 is 14.5 Å². The number of nitro groups is 1. The molecule has 104 valence electrons. The van der Waals surface area contributed by atoms with Crippen molar-refractivity contribution in [2.75, 3.05) is 6.61 Å². The summed E-state index contributed by atoms with van der Waals surface area (Å²) in [5.74, 6) is -0.449. The highest BCUT2D eigenvalue weighted by atomic mass is 16.6. The summed E-state index contributed by atoms with van der Waals surface area (Å²) in [6.45, 7) is 3.80. The second-order valence-corrected chi connectivity index (χ2v) is 4.04. The molecule has 0 atom stereocenters. The van der Waals surface area contributed by atoms with Gasteiger partial charge >= 0.3 is 5.97 Å². The standard InChI is InChI=1S/C13H13N3O4/c1-3-20-13(17)7-5-11-9(2)15-8-10(16(18)19)4-6-12(15)14-11/h4-8H,3H2,1-2H3/b7-5+. The first-order chi connectivity index (χ1) is 9.52. The van der Waals surface area contributed by atoms with Crippen LogP contribution in [0, 0.1) is 17.0 Å². The smallest absolute Gasteiger partial charge is 0.330 e. The number of ether oxygens (including phenoxy) is 1. The Bertz CT molecular complexity index is 703. The third-order valence-electron chi connectivity index (χ3n) is 2.75. The molecule has 2 aromatic rings. The molecule has 0 aliphatic rings. The Morgan fingerprint density at radius 3 is 2.95 bits per heavy atom. The first-order valence-electron chi connectivity index (χ1n) is 6.01. The van der Waals surface area contributed by atoms with Crippen LogP contribution in [-0.2, 0) is 9.53 Å². The minimum Gasteiger partial charge on any atom is -0.463 e. The summed E-state index contributed by atoms with van der Waals surface area (Å²) in [4.78, 5) is 25.8. The number of aryl methyl sites for hydroxylation is 1. The van der Waals surface area contributed by atoms with E-state index in [4.69, 9.17) is 4.74 Å². The number of rotatable bonds is 4. The number of esters is 1. The average Bonchev–Trinajstić information content (AvgIpc) is 2.73. The number of pyridine rings is 1. The SMILES string of the molecule is CCOC(=O)/C=C/c1nc2ccc([N+](=O)[O-])cn2c1C. The van der Waals surface area contributed by atoms with E-state index in [1.807, 2.05) is 0 Å². The molecule has 0 radical (unpaired) electrons. The maximum Gasteiger partial charge on any atom is 0.330 e. The van der Waals surface area contributed by atoms with Gasteiger partial charge in [-0.1, -0.05) is 0 Å². The summed E-state index contributed by atoms with van der Waals surface area (Å²) in [6, 6.07) is 2.95. The quantitative estimate of drug-likeness (QED) is 0.369. The Kier molecular flexibility index (Phi) is 3.79. The van der Waals surface area contributed by atoms with Crippen molar-refractivity contribution in [1.82, 2.24) is 9.38 Å². The Morgan fingerprint density at radius 2 is 2.30 bits per heavy atom. The normalized spacial score (nSPS) is 11.1. The maximum atomic E-state index is 11.3. The second-order valence-electron chi connectivity index (χ2n) is 4.04. The van der Waals surface area contributed by atoms with E-state index in [0.717, 1.165) is 0 Å². The van der Waals surface area contributed by atoms with Gasteiger partial charge in [-0.15, -0.1) is 0 Å². The van der Waals surface area contributed by atoms with Crippen LogP contribution in [0.25, 0.3) is 11.7 Å². The Labute approximate surface area is 114 Å². The fourth-order valence-corrected chi connectivity index (χ4v) is 1.77. The number of carbonyl (C=O) groups excluding carboxylic acids is 1. The van der Waals surface area contributed by atoms with Gasteiger partial charge in [-0.2, -0.15) is 0 Å². The van der Waals surface area contributed by atoms with Gasteiger partial charge in [0.15, 0.2) is 0 Å². The molecule has 0 aliphatic heterocycles. The van der Waals surface area contributed by atoms with Crippen LogP contribution in [0.2, 0.25) is 0 Å². The molecule has 7 nitrogen and oxygen atoms in total. The molecule has 0 spiro atoms. The number of nitrogens with zero attached hydrogens (tertiary/aromatic N) is 3. The van der Waals surface area contributed by atoms with Crippen LogP contribution < -0.4 is 0 Å². The molecule has 0 aliphatic carbocycles. The molecule has 2 heterocycles. The number of hydrogen-bond acceptors (Lipinski definition) is 5. The lowest BCUT2D eigenvalue weighted by atomic mass is 10.3. The van der Waals surface area contributed by atoms with E-state index in [2.05, 4.69) is 4.98 Å². The second kappa shape index (κ2) is 5.52. The minimum absolute atomic E-state index is 0.0149. The number of imidazole rings is 1. The molecule has 20 heavy (non-hydrogen) atoms. The average molecular weight is 275 g/mol. The highest BCUT2D eigenvalue weighted by Crippen LogP contribution is 2.18. The predicted octanol–water partition coefficient (Wildman–Crippen LogP) is 2.13. The first kappa shape index (κ1) is 13.7. The monoisotopic (exact) mass is 275 g/mol. The molecule has 0 bridgehead atoms. The summed E-state index contributed by atoms with van der Waals surface area (Å²) in [5.41, 5.74) is 1.85. The van der Waals surface area contributed by atoms with E-state index >= 15 is 0 Å². The van der Waals surface area contributed by atoms with E-state index in [9.17, 15) is 14.9 Å². The van der Waals surface area contributed by atoms with E-state index in [1.165, 1.54) is 24.4 Å². The first-order valence-corrected chi connectivity index (χ1v) is 6.01. The molecule has 0 unspecified atom stereocenters. The van der Waals surface area contributed by atoms with Crippen LogP contribution in [0.4, 0.5) is 5.69 Å². The molecule has 0 fully saturated rings. The third kappa shape index (κ3) is 2.66. The van der Waals surface area contributed by atoms with Crippen LogP contribution in [0.5, 0.6) is 0 Å². The number of fused-ring (bicyclic) bond motifs is 1. The molecular formula is C13H13N3O4. The molecule has 2 rings (SSSR count). The Morgan fingerprint density at radius 1 is 1.55 bits per heavy atom. The molecule has 0 amide bonds. The molecule has 0 N–H and O–H groups in total. The van der Waals surface area contributed by atoms with E-state index in [1.54, 1.807) is 24.3 Å². The van der Waals surface area contributed by atoms with Gasteiger partial charge in [-0.05, 0) is 26.0 Å². The van der Waals surface area contributed by atoms with Crippen molar-refractivity contribution in [3.8, 4) is 0 Å². The van der Waals surface area contributed by atoms with Gasteiger partial charge in [-0.25, -0.2) is 9.78 Å². The number of aromatic nitrogens is 2. The van der Waals surface area contributed by atoms with Crippen molar-refractivity contribution in [2.45, 2.75) is 13.8 Å². The summed E-state index contributed by atoms with van der Waals surface area (Å²) >= 11 is 0. The summed E-state index contributed by atoms with van der Waals surface area (Å²) < 4.78 is 6.39. The van der Waals surface area contributed by atoms with Crippen molar-refractivity contribution in [2.24, 2.45) is 0 Å². The largest absolute Gasteiger partial charge is 0.463 e. The topological polar surface area (TPSA) is 86.7 Å². The maximum absolute atomic E-state index is 11.3. The fraction of sp³-hybridized carbons (Fsp3) is 0.231. The van der Waals surface area contributed by atoms with Crippen LogP contribution >= 0.6 is 0 Å². The van der Waals surface area contributed by atoms with E-state index in [-0.39, 0.29) is 5.69 Å². The van der Waals surface area contributed by atoms with Crippen molar-refractivity contribution in [3.05, 3.63) is 45.9 Å². The highest BCUT2D eigenvalue weighted by molar-refractivity contribution is 5.87. The zero-order valence-electron chi connectivity index (χ0n) is 11.1. The summed E-state index contributed by atoms with van der Waals surface area (Å²) in [7, 11) is 0. The van der Waals surface area contributed by atoms with Gasteiger partial charge in [0.1, 0.15) is 5.65 Å². The lowest BCUT2D eigenvalue weighted by Gasteiger charge is -1.96. The van der Waals surface area contributed by atoms with Gasteiger partial charge in [0.2, 0.25) is 0 Å². The molecule has 7 heteroatoms. The minimum atomic E-state index is -0.465. The van der Waals surface area contributed by atoms with Crippen molar-refractivity contribution >= 4 is 23.4 Å². The van der Waals surface area contributed by atoms with Gasteiger partial charge in [-0.3, -0.25) is 14.5 Å². The van der Waals surface area contributed by atoms with Crippen LogP contribution in [-0.4, -0.2) is 26.9 Å². The number of hydrogen-bond donors (Lipinski definition) is 0. The van der Waals surface area contributed by atoms with Gasteiger partial charge < -0.3 is 4.74 Å². The van der Waals surface area contributed by atoms with E-state index in [0.29, 0.717) is 23.6 Å². The molecule has 2 aromatic heterocycles. The van der Waals surface area contributed by atoms with Crippen molar-refractivity contribution in [3.63, 3.8) is 0 Å². The number of carbonyl (C=O) groups is 1. The van der Waals surface area contributed by atoms with Gasteiger partial charge in [0.05, 0.1) is 23.4 Å². The third-order valence-corrected chi connectivity index (χ3v) is 2.75. The Hall–Kier alpha value is -2.70. The summed E-state index contributed by atoms with van der Waals surface area (Å²) in [6.07, 6.45) is 4.22. The van der Waals surface area contributed by atoms with Crippen LogP contribution in [0.1, 0.15) is 18.3 Å². The lowest BCUT2D eigenvalue weighted by Crippen LogP contribution is -1.98. The highest BCUT2D eigenvalue weighted by Gasteiger charge is 2.11. The fourth-order valence-electron chi connectivity index (χ4n) is 1.77. The predicted molar refractivity (Wildman–Crippen MR) is 72.3 cm³/mol. The zero-order valence-corrected chi connectivity index (χ0v) is 11.1. The lowest BCUT2D eigenvalue weighted by molar-refractivity contribution is -0.385. The van der Waals surface area contributed by atoms with Crippen LogP contribution in [0.3, 0.4) is 0 Å². The van der Waals surface area contributed by atoms with Crippen LogP contribution in [0.15, 0.2) is 24.4 Å². The molecule has 0 saturated heterocycles. The van der Waals surface area contributed by atoms with Gasteiger partial charge in [0.25, 0.3) is 5.69 Å². The van der Waals surface area contributed by atoms with Gasteiger partial charge in [0, 0.05) is 17.8 Å². The zero-order chi connectivity index (χ0) is 14.7. The Balaban J connectivity index is 2.39. The summed E-state index contributed by atoms with van der Waals surface area (Å²) in [5, 5.41) is 10.7. The van der Waals surface area contributed by atoms with E-state index < -0.39 is 10.9 Å². The molecule has 0 aromatic carbocycles. The molecule has 0 saturated carbocycles. The van der Waals surface area contributed by atoms with Crippen molar-refractivity contribution in [1.29, 1.82) is 0 Å². The molecular weight excluding hydrogens is 262 g/mol.